The Morgan fingerprint density at radius 3 is 2.44 bits per heavy atom. The van der Waals surface area contributed by atoms with Crippen molar-refractivity contribution in [2.75, 3.05) is 18.2 Å². The Hall–Kier alpha value is -1.87. The molecule has 0 aliphatic carbocycles. The zero-order chi connectivity index (χ0) is 23.3. The van der Waals surface area contributed by atoms with Crippen LogP contribution in [0.4, 0.5) is 5.13 Å². The average molecular weight is 515 g/mol. The molecule has 0 bridgehead atoms. The highest BCUT2D eigenvalue weighted by molar-refractivity contribution is 7.90. The van der Waals surface area contributed by atoms with Gasteiger partial charge in [-0.15, -0.1) is 0 Å². The number of aromatic nitrogens is 1. The predicted octanol–water partition coefficient (Wildman–Crippen LogP) is 6.61. The molecule has 1 amide bonds. The summed E-state index contributed by atoms with van der Waals surface area (Å²) < 4.78 is 29.9. The van der Waals surface area contributed by atoms with Gasteiger partial charge in [0, 0.05) is 11.8 Å². The topological polar surface area (TPSA) is 85.4 Å². The van der Waals surface area contributed by atoms with Crippen LogP contribution in [-0.4, -0.2) is 32.2 Å². The number of halogens is 2. The summed E-state index contributed by atoms with van der Waals surface area (Å²) >= 11 is 13.8. The van der Waals surface area contributed by atoms with E-state index < -0.39 is 15.7 Å². The van der Waals surface area contributed by atoms with Gasteiger partial charge in [0.05, 0.1) is 31.8 Å². The number of nitrogens with one attached hydrogen (secondary N) is 1. The van der Waals surface area contributed by atoms with Crippen LogP contribution in [0.2, 0.25) is 10.0 Å². The van der Waals surface area contributed by atoms with Gasteiger partial charge >= 0.3 is 0 Å². The molecule has 0 aliphatic rings. The van der Waals surface area contributed by atoms with Gasteiger partial charge in [0.25, 0.3) is 5.91 Å². The summed E-state index contributed by atoms with van der Waals surface area (Å²) in [6.07, 6.45) is 6.69. The van der Waals surface area contributed by atoms with E-state index in [0.29, 0.717) is 27.7 Å². The molecule has 0 saturated carbocycles. The number of carbonyl (C=O) groups is 1. The van der Waals surface area contributed by atoms with E-state index in [1.54, 1.807) is 12.1 Å². The number of nitrogens with zero attached hydrogens (tertiary/aromatic N) is 1. The molecular weight excluding hydrogens is 491 g/mol. The van der Waals surface area contributed by atoms with E-state index in [2.05, 4.69) is 17.2 Å². The number of ether oxygens (including phenoxy) is 1. The zero-order valence-corrected chi connectivity index (χ0v) is 20.9. The molecule has 0 aliphatic heterocycles. The summed E-state index contributed by atoms with van der Waals surface area (Å²) in [4.78, 5) is 17.2. The second-order valence-corrected chi connectivity index (χ2v) is 11.3. The highest BCUT2D eigenvalue weighted by atomic mass is 35.5. The van der Waals surface area contributed by atoms with E-state index in [1.807, 2.05) is 0 Å². The minimum Gasteiger partial charge on any atom is -0.490 e. The Bertz CT molecular complexity index is 1200. The van der Waals surface area contributed by atoms with E-state index in [9.17, 15) is 13.2 Å². The molecular formula is C22H24Cl2N2O4S2. The van der Waals surface area contributed by atoms with Gasteiger partial charge in [-0.25, -0.2) is 13.4 Å². The minimum absolute atomic E-state index is 0.200. The van der Waals surface area contributed by atoms with Gasteiger partial charge in [-0.1, -0.05) is 67.1 Å². The Labute approximate surface area is 201 Å². The molecule has 172 valence electrons. The highest BCUT2D eigenvalue weighted by Crippen LogP contribution is 2.35. The summed E-state index contributed by atoms with van der Waals surface area (Å²) in [5, 5.41) is 3.58. The van der Waals surface area contributed by atoms with Crippen molar-refractivity contribution in [1.82, 2.24) is 4.98 Å². The lowest BCUT2D eigenvalue weighted by molar-refractivity contribution is 0.102. The van der Waals surface area contributed by atoms with E-state index in [-0.39, 0.29) is 20.5 Å². The number of fused-ring (bicyclic) bond motifs is 1. The molecule has 0 saturated heterocycles. The van der Waals surface area contributed by atoms with Gasteiger partial charge < -0.3 is 4.74 Å². The van der Waals surface area contributed by atoms with Crippen LogP contribution in [0.3, 0.4) is 0 Å². The molecule has 1 N–H and O–H groups in total. The van der Waals surface area contributed by atoms with Crippen LogP contribution in [0, 0.1) is 0 Å². The second-order valence-electron chi connectivity index (χ2n) is 7.41. The Morgan fingerprint density at radius 2 is 1.78 bits per heavy atom. The third kappa shape index (κ3) is 6.34. The van der Waals surface area contributed by atoms with E-state index >= 15 is 0 Å². The number of amides is 1. The second kappa shape index (κ2) is 10.8. The monoisotopic (exact) mass is 514 g/mol. The van der Waals surface area contributed by atoms with Crippen molar-refractivity contribution in [2.45, 2.75) is 43.9 Å². The Balaban J connectivity index is 1.68. The fourth-order valence-electron chi connectivity index (χ4n) is 3.07. The Kier molecular flexibility index (Phi) is 8.38. The molecule has 1 heterocycles. The molecule has 0 spiro atoms. The largest absolute Gasteiger partial charge is 0.490 e. The number of unbranched alkanes of at least 4 members (excludes halogenated alkanes) is 4. The zero-order valence-electron chi connectivity index (χ0n) is 17.8. The van der Waals surface area contributed by atoms with Crippen molar-refractivity contribution in [1.29, 1.82) is 0 Å². The molecule has 0 atom stereocenters. The van der Waals surface area contributed by atoms with Crippen LogP contribution in [0.15, 0.2) is 35.2 Å². The smallest absolute Gasteiger partial charge is 0.257 e. The summed E-state index contributed by atoms with van der Waals surface area (Å²) in [5.74, 6) is -0.0593. The summed E-state index contributed by atoms with van der Waals surface area (Å²) in [6, 6.07) is 7.65. The lowest BCUT2D eigenvalue weighted by Gasteiger charge is -2.11. The number of benzene rings is 2. The lowest BCUT2D eigenvalue weighted by atomic mass is 10.2. The quantitative estimate of drug-likeness (QED) is 0.307. The van der Waals surface area contributed by atoms with E-state index in [1.165, 1.54) is 48.8 Å². The first kappa shape index (κ1) is 24.8. The molecule has 0 unspecified atom stereocenters. The normalized spacial score (nSPS) is 11.6. The van der Waals surface area contributed by atoms with Crippen LogP contribution in [0.5, 0.6) is 5.75 Å². The number of hydrogen-bond donors (Lipinski definition) is 1. The van der Waals surface area contributed by atoms with Crippen LogP contribution < -0.4 is 10.1 Å². The number of carbonyl (C=O) groups excluding carboxylic acids is 1. The van der Waals surface area contributed by atoms with E-state index in [0.717, 1.165) is 19.1 Å². The fourth-order valence-corrected chi connectivity index (χ4v) is 5.29. The third-order valence-corrected chi connectivity index (χ3v) is 7.37. The van der Waals surface area contributed by atoms with Crippen molar-refractivity contribution >= 4 is 65.6 Å². The maximum absolute atomic E-state index is 12.7. The van der Waals surface area contributed by atoms with Crippen LogP contribution in [0.25, 0.3) is 10.2 Å². The predicted molar refractivity (Wildman–Crippen MR) is 131 cm³/mol. The number of sulfone groups is 1. The number of thiazole rings is 1. The fraction of sp³-hybridized carbons (Fsp3) is 0.364. The summed E-state index contributed by atoms with van der Waals surface area (Å²) in [6.45, 7) is 2.68. The van der Waals surface area contributed by atoms with Crippen LogP contribution >= 0.6 is 34.5 Å². The first-order chi connectivity index (χ1) is 15.2. The van der Waals surface area contributed by atoms with Crippen LogP contribution in [-0.2, 0) is 9.84 Å². The molecule has 32 heavy (non-hydrogen) atoms. The van der Waals surface area contributed by atoms with E-state index in [4.69, 9.17) is 27.9 Å². The van der Waals surface area contributed by atoms with Gasteiger partial charge in [0.2, 0.25) is 0 Å². The molecule has 3 aromatic rings. The third-order valence-electron chi connectivity index (χ3n) is 4.76. The van der Waals surface area contributed by atoms with Crippen molar-refractivity contribution in [2.24, 2.45) is 0 Å². The molecule has 1 aromatic heterocycles. The Morgan fingerprint density at radius 1 is 1.09 bits per heavy atom. The van der Waals surface area contributed by atoms with Gasteiger partial charge in [-0.3, -0.25) is 10.1 Å². The first-order valence-electron chi connectivity index (χ1n) is 10.2. The van der Waals surface area contributed by atoms with Gasteiger partial charge in [-0.05, 0) is 36.8 Å². The highest BCUT2D eigenvalue weighted by Gasteiger charge is 2.17. The van der Waals surface area contributed by atoms with Crippen molar-refractivity contribution in [3.05, 3.63) is 45.9 Å². The van der Waals surface area contributed by atoms with Gasteiger partial charge in [0.1, 0.15) is 0 Å². The SMILES string of the molecule is CCCCCCCOc1c(Cl)cc(C(=O)Nc2nc3ccc(S(C)(=O)=O)cc3s2)cc1Cl. The molecule has 10 heteroatoms. The number of hydrogen-bond acceptors (Lipinski definition) is 6. The van der Waals surface area contributed by atoms with Crippen molar-refractivity contribution < 1.29 is 17.9 Å². The summed E-state index contributed by atoms with van der Waals surface area (Å²) in [7, 11) is -3.33. The standard InChI is InChI=1S/C22H24Cl2N2O4S2/c1-3-4-5-6-7-10-30-20-16(23)11-14(12-17(20)24)21(27)26-22-25-18-9-8-15(32(2,28)29)13-19(18)31-22/h8-9,11-13H,3-7,10H2,1-2H3,(H,25,26,27). The molecule has 6 nitrogen and oxygen atoms in total. The average Bonchev–Trinajstić information content (AvgIpc) is 3.12. The minimum atomic E-state index is -3.33. The first-order valence-corrected chi connectivity index (χ1v) is 13.7. The van der Waals surface area contributed by atoms with Gasteiger partial charge in [0.15, 0.2) is 20.7 Å². The molecule has 0 radical (unpaired) electrons. The number of rotatable bonds is 10. The van der Waals surface area contributed by atoms with Crippen LogP contribution in [0.1, 0.15) is 49.4 Å². The maximum Gasteiger partial charge on any atom is 0.257 e. The summed E-state index contributed by atoms with van der Waals surface area (Å²) in [5.41, 5.74) is 0.864. The molecule has 0 fully saturated rings. The van der Waals surface area contributed by atoms with Gasteiger partial charge in [-0.2, -0.15) is 0 Å². The van der Waals surface area contributed by atoms with Crippen molar-refractivity contribution in [3.63, 3.8) is 0 Å². The van der Waals surface area contributed by atoms with Crippen molar-refractivity contribution in [3.8, 4) is 5.75 Å². The maximum atomic E-state index is 12.7. The lowest BCUT2D eigenvalue weighted by Crippen LogP contribution is -2.12. The molecule has 3 rings (SSSR count). The number of anilines is 1. The molecule has 2 aromatic carbocycles.